The van der Waals surface area contributed by atoms with E-state index in [0.29, 0.717) is 19.6 Å². The Morgan fingerprint density at radius 2 is 1.92 bits per heavy atom. The Kier molecular flexibility index (Phi) is 7.88. The second-order valence-corrected chi connectivity index (χ2v) is 8.79. The van der Waals surface area contributed by atoms with Gasteiger partial charge in [0, 0.05) is 31.7 Å². The number of unbranched alkanes of at least 4 members (excludes halogenated alkanes) is 1. The highest BCUT2D eigenvalue weighted by Crippen LogP contribution is 2.28. The van der Waals surface area contributed by atoms with E-state index in [1.807, 2.05) is 6.92 Å². The first-order valence-electron chi connectivity index (χ1n) is 9.11. The topological polar surface area (TPSA) is 77.9 Å². The number of amides is 1. The van der Waals surface area contributed by atoms with Crippen molar-refractivity contribution in [2.24, 2.45) is 0 Å². The zero-order valence-electron chi connectivity index (χ0n) is 15.2. The molecule has 1 amide bonds. The lowest BCUT2D eigenvalue weighted by Gasteiger charge is -2.27. The summed E-state index contributed by atoms with van der Waals surface area (Å²) in [5, 5.41) is 9.33. The van der Waals surface area contributed by atoms with Crippen molar-refractivity contribution in [2.45, 2.75) is 43.9 Å². The van der Waals surface area contributed by atoms with Crippen molar-refractivity contribution in [2.75, 3.05) is 32.8 Å². The van der Waals surface area contributed by atoms with Crippen molar-refractivity contribution < 1.29 is 18.3 Å². The first kappa shape index (κ1) is 21.2. The van der Waals surface area contributed by atoms with Gasteiger partial charge in [-0.2, -0.15) is 4.31 Å². The first-order chi connectivity index (χ1) is 12.4. The van der Waals surface area contributed by atoms with Crippen LogP contribution in [0.3, 0.4) is 0 Å². The summed E-state index contributed by atoms with van der Waals surface area (Å²) in [6, 6.07) is 4.36. The van der Waals surface area contributed by atoms with Crippen molar-refractivity contribution in [3.05, 3.63) is 28.8 Å². The van der Waals surface area contributed by atoms with Crippen LogP contribution in [0.1, 0.15) is 49.4 Å². The van der Waals surface area contributed by atoms with Crippen molar-refractivity contribution >= 4 is 27.5 Å². The number of carbonyl (C=O) groups excluding carboxylic acids is 1. The molecule has 26 heavy (non-hydrogen) atoms. The molecule has 0 aliphatic carbocycles. The van der Waals surface area contributed by atoms with E-state index < -0.39 is 10.0 Å². The van der Waals surface area contributed by atoms with Crippen molar-refractivity contribution in [1.29, 1.82) is 0 Å². The Labute approximate surface area is 160 Å². The van der Waals surface area contributed by atoms with Gasteiger partial charge in [-0.25, -0.2) is 8.42 Å². The molecule has 0 aromatic heterocycles. The molecule has 1 aliphatic heterocycles. The molecule has 2 rings (SSSR count). The maximum Gasteiger partial charge on any atom is 0.253 e. The fourth-order valence-electron chi connectivity index (χ4n) is 3.05. The molecular weight excluding hydrogens is 376 g/mol. The van der Waals surface area contributed by atoms with E-state index in [1.165, 1.54) is 22.5 Å². The van der Waals surface area contributed by atoms with Gasteiger partial charge in [0.2, 0.25) is 10.0 Å². The number of rotatable bonds is 8. The number of nitrogens with zero attached hydrogens (tertiary/aromatic N) is 2. The summed E-state index contributed by atoms with van der Waals surface area (Å²) in [4.78, 5) is 14.3. The number of carbonyl (C=O) groups is 1. The number of halogens is 1. The van der Waals surface area contributed by atoms with Crippen LogP contribution in [0.15, 0.2) is 23.1 Å². The molecule has 6 nitrogen and oxygen atoms in total. The monoisotopic (exact) mass is 402 g/mol. The molecule has 0 radical (unpaired) electrons. The van der Waals surface area contributed by atoms with Gasteiger partial charge >= 0.3 is 0 Å². The molecule has 1 N–H and O–H groups in total. The van der Waals surface area contributed by atoms with Gasteiger partial charge < -0.3 is 10.0 Å². The second-order valence-electron chi connectivity index (χ2n) is 6.48. The predicted molar refractivity (Wildman–Crippen MR) is 102 cm³/mol. The normalized spacial score (nSPS) is 15.8. The third kappa shape index (κ3) is 4.97. The van der Waals surface area contributed by atoms with Gasteiger partial charge in [0.05, 0.1) is 11.6 Å². The standard InChI is InChI=1S/C18H27ClN2O4S/c1-2-3-9-20(12-13-22)18(23)15-7-8-16(19)17(14-15)26(24,25)21-10-5-4-6-11-21/h7-8,14,22H,2-6,9-13H2,1H3. The fraction of sp³-hybridized carbons (Fsp3) is 0.611. The molecule has 0 atom stereocenters. The summed E-state index contributed by atoms with van der Waals surface area (Å²) in [6.45, 7) is 3.57. The van der Waals surface area contributed by atoms with Gasteiger partial charge in [0.15, 0.2) is 0 Å². The van der Waals surface area contributed by atoms with Crippen LogP contribution >= 0.6 is 11.6 Å². The number of piperidine rings is 1. The van der Waals surface area contributed by atoms with E-state index in [-0.39, 0.29) is 34.5 Å². The van der Waals surface area contributed by atoms with Gasteiger partial charge in [0.1, 0.15) is 4.90 Å². The summed E-state index contributed by atoms with van der Waals surface area (Å²) in [5.74, 6) is -0.292. The number of hydrogen-bond acceptors (Lipinski definition) is 4. The highest BCUT2D eigenvalue weighted by atomic mass is 35.5. The number of aliphatic hydroxyl groups is 1. The minimum absolute atomic E-state index is 0.0219. The maximum atomic E-state index is 12.9. The number of benzene rings is 1. The first-order valence-corrected chi connectivity index (χ1v) is 10.9. The van der Waals surface area contributed by atoms with Crippen LogP contribution < -0.4 is 0 Å². The summed E-state index contributed by atoms with van der Waals surface area (Å²) < 4.78 is 27.3. The molecule has 1 aromatic carbocycles. The molecule has 146 valence electrons. The highest BCUT2D eigenvalue weighted by molar-refractivity contribution is 7.89. The fourth-order valence-corrected chi connectivity index (χ4v) is 5.06. The van der Waals surface area contributed by atoms with Crippen molar-refractivity contribution in [3.8, 4) is 0 Å². The summed E-state index contributed by atoms with van der Waals surface area (Å²) in [6.07, 6.45) is 4.42. The van der Waals surface area contributed by atoms with Crippen LogP contribution in [0.25, 0.3) is 0 Å². The van der Waals surface area contributed by atoms with Crippen molar-refractivity contribution in [3.63, 3.8) is 0 Å². The SMILES string of the molecule is CCCCN(CCO)C(=O)c1ccc(Cl)c(S(=O)(=O)N2CCCCC2)c1. The molecule has 1 saturated heterocycles. The molecule has 0 unspecified atom stereocenters. The molecule has 0 spiro atoms. The smallest absolute Gasteiger partial charge is 0.253 e. The van der Waals surface area contributed by atoms with Crippen LogP contribution in [0.5, 0.6) is 0 Å². The van der Waals surface area contributed by atoms with Crippen molar-refractivity contribution in [1.82, 2.24) is 9.21 Å². The van der Waals surface area contributed by atoms with Gasteiger partial charge in [-0.05, 0) is 37.5 Å². The molecule has 1 aliphatic rings. The Morgan fingerprint density at radius 3 is 2.54 bits per heavy atom. The number of hydrogen-bond donors (Lipinski definition) is 1. The summed E-state index contributed by atoms with van der Waals surface area (Å²) >= 11 is 6.16. The van der Waals surface area contributed by atoms with E-state index in [9.17, 15) is 18.3 Å². The van der Waals surface area contributed by atoms with Crippen LogP contribution in [0.4, 0.5) is 0 Å². The molecule has 0 saturated carbocycles. The third-order valence-corrected chi connectivity index (χ3v) is 6.93. The van der Waals surface area contributed by atoms with E-state index >= 15 is 0 Å². The maximum absolute atomic E-state index is 12.9. The molecular formula is C18H27ClN2O4S. The summed E-state index contributed by atoms with van der Waals surface area (Å²) in [7, 11) is -3.72. The predicted octanol–water partition coefficient (Wildman–Crippen LogP) is 2.75. The van der Waals surface area contributed by atoms with E-state index in [4.69, 9.17) is 11.6 Å². The Balaban J connectivity index is 2.31. The molecule has 1 aromatic rings. The lowest BCUT2D eigenvalue weighted by Crippen LogP contribution is -2.36. The van der Waals surface area contributed by atoms with E-state index in [0.717, 1.165) is 32.1 Å². The molecule has 8 heteroatoms. The lowest BCUT2D eigenvalue weighted by molar-refractivity contribution is 0.0719. The molecule has 1 fully saturated rings. The Hall–Kier alpha value is -1.15. The van der Waals surface area contributed by atoms with E-state index in [1.54, 1.807) is 4.90 Å². The number of sulfonamides is 1. The minimum atomic E-state index is -3.72. The average Bonchev–Trinajstić information content (AvgIpc) is 2.65. The third-order valence-electron chi connectivity index (χ3n) is 4.55. The Morgan fingerprint density at radius 1 is 1.23 bits per heavy atom. The van der Waals surface area contributed by atoms with Gasteiger partial charge in [-0.1, -0.05) is 31.4 Å². The zero-order valence-corrected chi connectivity index (χ0v) is 16.7. The summed E-state index contributed by atoms with van der Waals surface area (Å²) in [5.41, 5.74) is 0.273. The molecule has 0 bridgehead atoms. The zero-order chi connectivity index (χ0) is 19.2. The second kappa shape index (κ2) is 9.69. The van der Waals surface area contributed by atoms with Gasteiger partial charge in [-0.15, -0.1) is 0 Å². The highest BCUT2D eigenvalue weighted by Gasteiger charge is 2.29. The van der Waals surface area contributed by atoms with Crippen LogP contribution in [-0.4, -0.2) is 61.4 Å². The quantitative estimate of drug-likeness (QED) is 0.725. The Bertz CT molecular complexity index is 718. The lowest BCUT2D eigenvalue weighted by atomic mass is 10.2. The van der Waals surface area contributed by atoms with Crippen LogP contribution in [-0.2, 0) is 10.0 Å². The van der Waals surface area contributed by atoms with Gasteiger partial charge in [0.25, 0.3) is 5.91 Å². The minimum Gasteiger partial charge on any atom is -0.395 e. The van der Waals surface area contributed by atoms with Crippen LogP contribution in [0, 0.1) is 0 Å². The van der Waals surface area contributed by atoms with E-state index in [2.05, 4.69) is 0 Å². The van der Waals surface area contributed by atoms with Crippen LogP contribution in [0.2, 0.25) is 5.02 Å². The molecule has 1 heterocycles. The average molecular weight is 403 g/mol. The number of aliphatic hydroxyl groups excluding tert-OH is 1. The van der Waals surface area contributed by atoms with Gasteiger partial charge in [-0.3, -0.25) is 4.79 Å². The largest absolute Gasteiger partial charge is 0.395 e.